The quantitative estimate of drug-likeness (QED) is 0.175. The van der Waals surface area contributed by atoms with Crippen LogP contribution in [0.15, 0.2) is 75.8 Å². The summed E-state index contributed by atoms with van der Waals surface area (Å²) in [7, 11) is -4.63. The number of amides is 1. The number of halogens is 2. The van der Waals surface area contributed by atoms with E-state index in [1.807, 2.05) is 0 Å². The van der Waals surface area contributed by atoms with Crippen molar-refractivity contribution in [1.29, 1.82) is 0 Å². The van der Waals surface area contributed by atoms with Gasteiger partial charge in [0.15, 0.2) is 0 Å². The van der Waals surface area contributed by atoms with Gasteiger partial charge in [0, 0.05) is 22.7 Å². The van der Waals surface area contributed by atoms with Gasteiger partial charge < -0.3 is 15.2 Å². The standard InChI is InChI=1S/C27H23Cl2N3O6S.Na/c1-3-15-9-12-22(39(35,36)37)23(29)24(15)31-32-25-18-8-6-5-7-16(18)13-19(26(25)33)27(34)30-17-10-11-20(28)21(14-17)38-4-2;/h5-14,33H,3-4H2,1-2H3,(H,30,34)(H,35,36,37);/q;+1/p-1. The van der Waals surface area contributed by atoms with Gasteiger partial charge in [0.2, 0.25) is 0 Å². The van der Waals surface area contributed by atoms with E-state index in [0.29, 0.717) is 45.8 Å². The van der Waals surface area contributed by atoms with Crippen LogP contribution in [0.5, 0.6) is 11.5 Å². The summed E-state index contributed by atoms with van der Waals surface area (Å²) in [5.74, 6) is -1.01. The fourth-order valence-electron chi connectivity index (χ4n) is 3.90. The number of hydrogen-bond donors (Lipinski definition) is 2. The van der Waals surface area contributed by atoms with Gasteiger partial charge in [-0.15, -0.1) is 5.11 Å². The van der Waals surface area contributed by atoms with Crippen LogP contribution in [0, 0.1) is 0 Å². The molecule has 0 saturated heterocycles. The Labute approximate surface area is 263 Å². The topological polar surface area (TPSA) is 140 Å². The number of carbonyl (C=O) groups excluding carboxylic acids is 1. The zero-order valence-corrected chi connectivity index (χ0v) is 26.1. The van der Waals surface area contributed by atoms with Crippen LogP contribution in [-0.2, 0) is 16.5 Å². The molecule has 0 fully saturated rings. The summed E-state index contributed by atoms with van der Waals surface area (Å²) in [5, 5.41) is 25.4. The van der Waals surface area contributed by atoms with E-state index >= 15 is 0 Å². The van der Waals surface area contributed by atoms with Crippen molar-refractivity contribution in [2.75, 3.05) is 11.9 Å². The third-order valence-corrected chi connectivity index (χ3v) is 7.49. The van der Waals surface area contributed by atoms with E-state index in [1.165, 1.54) is 18.2 Å². The third-order valence-electron chi connectivity index (χ3n) is 5.78. The van der Waals surface area contributed by atoms with Gasteiger partial charge in [-0.3, -0.25) is 9.35 Å². The van der Waals surface area contributed by atoms with Gasteiger partial charge in [0.25, 0.3) is 16.0 Å². The van der Waals surface area contributed by atoms with Crippen LogP contribution in [0.3, 0.4) is 0 Å². The van der Waals surface area contributed by atoms with E-state index in [4.69, 9.17) is 27.9 Å². The van der Waals surface area contributed by atoms with Crippen LogP contribution in [0.1, 0.15) is 29.8 Å². The molecule has 1 amide bonds. The molecule has 0 aliphatic carbocycles. The average Bonchev–Trinajstić information content (AvgIpc) is 2.89. The van der Waals surface area contributed by atoms with Gasteiger partial charge in [-0.05, 0) is 48.6 Å². The van der Waals surface area contributed by atoms with Crippen molar-refractivity contribution in [3.05, 3.63) is 81.8 Å². The van der Waals surface area contributed by atoms with Gasteiger partial charge in [-0.25, -0.2) is 0 Å². The smallest absolute Gasteiger partial charge is 0.870 e. The van der Waals surface area contributed by atoms with Crippen molar-refractivity contribution < 1.29 is 57.2 Å². The minimum atomic E-state index is -4.63. The summed E-state index contributed by atoms with van der Waals surface area (Å²) in [5.41, 5.74) is 0.556. The van der Waals surface area contributed by atoms with E-state index in [1.54, 1.807) is 56.3 Å². The number of nitrogens with one attached hydrogen (secondary N) is 1. The maximum Gasteiger partial charge on any atom is 1.00 e. The molecule has 9 nitrogen and oxygen atoms in total. The fraction of sp³-hybridized carbons (Fsp3) is 0.148. The number of azo groups is 1. The second kappa shape index (κ2) is 13.3. The molecule has 0 bridgehead atoms. The average molecular weight is 610 g/mol. The molecule has 0 aliphatic rings. The number of hydrogen-bond acceptors (Lipinski definition) is 7. The van der Waals surface area contributed by atoms with Crippen LogP contribution < -0.4 is 44.7 Å². The third kappa shape index (κ3) is 6.77. The maximum absolute atomic E-state index is 13.5. The number of ether oxygens (including phenoxy) is 1. The molecule has 0 unspecified atom stereocenters. The number of carbonyl (C=O) groups is 1. The van der Waals surface area contributed by atoms with Crippen LogP contribution in [0.25, 0.3) is 10.8 Å². The molecule has 0 saturated carbocycles. The fourth-order valence-corrected chi connectivity index (χ4v) is 5.15. The molecular formula is C27H22Cl2N3NaO6S. The summed E-state index contributed by atoms with van der Waals surface area (Å²) in [6, 6.07) is 15.6. The second-order valence-corrected chi connectivity index (χ2v) is 10.4. The van der Waals surface area contributed by atoms with Gasteiger partial charge in [0.05, 0.1) is 22.3 Å². The van der Waals surface area contributed by atoms with Gasteiger partial charge in [0.1, 0.15) is 16.3 Å². The van der Waals surface area contributed by atoms with E-state index in [-0.39, 0.29) is 51.5 Å². The largest absolute Gasteiger partial charge is 1.00 e. The van der Waals surface area contributed by atoms with Gasteiger partial charge in [-0.2, -0.15) is 13.5 Å². The minimum Gasteiger partial charge on any atom is -0.870 e. The normalized spacial score (nSPS) is 11.4. The predicted molar refractivity (Wildman–Crippen MR) is 149 cm³/mol. The Balaban J connectivity index is 0.00000441. The number of anilines is 1. The molecule has 4 aromatic rings. The van der Waals surface area contributed by atoms with Crippen molar-refractivity contribution in [3.8, 4) is 11.5 Å². The first-order valence-electron chi connectivity index (χ1n) is 11.7. The first-order chi connectivity index (χ1) is 18.5. The molecule has 0 atom stereocenters. The monoisotopic (exact) mass is 609 g/mol. The van der Waals surface area contributed by atoms with E-state index in [0.717, 1.165) is 0 Å². The molecule has 4 aromatic carbocycles. The first kappa shape index (κ1) is 31.8. The molecule has 4 rings (SSSR count). The molecule has 13 heteroatoms. The van der Waals surface area contributed by atoms with E-state index < -0.39 is 26.7 Å². The Kier molecular flexibility index (Phi) is 10.6. The van der Waals surface area contributed by atoms with Crippen molar-refractivity contribution in [1.82, 2.24) is 0 Å². The second-order valence-electron chi connectivity index (χ2n) is 8.27. The summed E-state index contributed by atoms with van der Waals surface area (Å²) in [6.45, 7) is 3.97. The first-order valence-corrected chi connectivity index (χ1v) is 13.9. The SMILES string of the molecule is CCOc1cc(NC(=O)c2cc3ccccc3c(N=Nc3c(CC)ccc(S(=O)(=O)O)c3Cl)c2[O-])ccc1Cl.[Na+]. The minimum absolute atomic E-state index is 0. The molecule has 0 spiro atoms. The molecule has 202 valence electrons. The van der Waals surface area contributed by atoms with Crippen LogP contribution in [-0.4, -0.2) is 25.5 Å². The molecule has 0 heterocycles. The Morgan fingerprint density at radius 2 is 1.73 bits per heavy atom. The molecular weight excluding hydrogens is 588 g/mol. The Morgan fingerprint density at radius 1 is 1.02 bits per heavy atom. The summed E-state index contributed by atoms with van der Waals surface area (Å²) >= 11 is 12.4. The Bertz CT molecular complexity index is 1730. The van der Waals surface area contributed by atoms with Crippen molar-refractivity contribution in [2.45, 2.75) is 25.2 Å². The summed E-state index contributed by atoms with van der Waals surface area (Å²) in [4.78, 5) is 12.7. The van der Waals surface area contributed by atoms with E-state index in [9.17, 15) is 22.9 Å². The Morgan fingerprint density at radius 3 is 2.40 bits per heavy atom. The van der Waals surface area contributed by atoms with E-state index in [2.05, 4.69) is 15.5 Å². The zero-order valence-electron chi connectivity index (χ0n) is 21.7. The van der Waals surface area contributed by atoms with Crippen molar-refractivity contribution in [2.24, 2.45) is 10.2 Å². The maximum atomic E-state index is 13.5. The number of fused-ring (bicyclic) bond motifs is 1. The molecule has 2 N–H and O–H groups in total. The number of rotatable bonds is 8. The molecule has 40 heavy (non-hydrogen) atoms. The number of aryl methyl sites for hydroxylation is 1. The van der Waals surface area contributed by atoms with Crippen molar-refractivity contribution in [3.63, 3.8) is 0 Å². The van der Waals surface area contributed by atoms with Gasteiger partial charge in [-0.1, -0.05) is 66.2 Å². The van der Waals surface area contributed by atoms with Crippen molar-refractivity contribution >= 4 is 67.1 Å². The predicted octanol–water partition coefficient (Wildman–Crippen LogP) is 4.10. The summed E-state index contributed by atoms with van der Waals surface area (Å²) < 4.78 is 38.5. The molecule has 0 radical (unpaired) electrons. The van der Waals surface area contributed by atoms with Crippen LogP contribution in [0.4, 0.5) is 17.1 Å². The summed E-state index contributed by atoms with van der Waals surface area (Å²) in [6.07, 6.45) is 0.415. The van der Waals surface area contributed by atoms with Crippen LogP contribution >= 0.6 is 23.2 Å². The molecule has 0 aliphatic heterocycles. The number of benzene rings is 4. The van der Waals surface area contributed by atoms with Crippen LogP contribution in [0.2, 0.25) is 10.0 Å². The Hall–Kier alpha value is -2.70. The zero-order chi connectivity index (χ0) is 28.3. The molecule has 0 aromatic heterocycles. The number of nitrogens with zero attached hydrogens (tertiary/aromatic N) is 2. The van der Waals surface area contributed by atoms with Gasteiger partial charge >= 0.3 is 29.6 Å².